The van der Waals surface area contributed by atoms with Crippen LogP contribution in [0.2, 0.25) is 0 Å². The van der Waals surface area contributed by atoms with Crippen LogP contribution in [0.5, 0.6) is 0 Å². The van der Waals surface area contributed by atoms with Gasteiger partial charge in [0.15, 0.2) is 18.9 Å². The minimum atomic E-state index is -1.99. The first-order valence-electron chi connectivity index (χ1n) is 42.9. The monoisotopic (exact) mass is 1540 g/mol. The second kappa shape index (κ2) is 68.3. The molecule has 0 spiro atoms. The minimum absolute atomic E-state index is 0.220. The summed E-state index contributed by atoms with van der Waals surface area (Å²) >= 11 is 0. The first-order valence-corrected chi connectivity index (χ1v) is 42.9. The molecule has 19 nitrogen and oxygen atoms in total. The molecule has 109 heavy (non-hydrogen) atoms. The summed E-state index contributed by atoms with van der Waals surface area (Å²) in [6, 6.07) is -1.00. The summed E-state index contributed by atoms with van der Waals surface area (Å²) in [5, 5.41) is 121. The van der Waals surface area contributed by atoms with Crippen molar-refractivity contribution in [1.82, 2.24) is 5.32 Å². The van der Waals surface area contributed by atoms with Crippen LogP contribution in [0.1, 0.15) is 296 Å². The van der Waals surface area contributed by atoms with Gasteiger partial charge in [0.25, 0.3) is 0 Å². The standard InChI is InChI=1S/C90H153NO18/c1-3-5-7-9-11-13-15-17-19-21-23-25-27-29-31-32-33-34-35-36-37-38-39-40-42-44-46-48-50-52-54-56-58-60-62-64-66-68-78(96)91-73(74(95)67-65-63-61-59-57-55-53-51-49-47-45-43-41-30-28-26-24-22-20-18-16-14-12-10-8-6-4-2)72-104-88-84(102)81(99)86(76(70-93)106-88)109-90-85(103)82(100)87(77(71-94)107-90)108-89-83(101)80(98)79(97)75(69-92)105-89/h5,7,11,13,17,19,23,25,29,31,33-34,36-37,39-40,44,46,57,59,65,67,73-77,79-90,92-95,97-103H,3-4,6,8-10,12,14-16,18,20-22,24,26-28,30,32,35,38,41-43,45,47-56,58,60-64,66,68-72H2,1-2H3,(H,91,96)/b7-5-,13-11-,19-17-,25-23-,31-29-,34-33-,37-36-,40-39-,46-44-,59-57+,67-65+. The normalized spacial score (nSPS) is 26.0. The van der Waals surface area contributed by atoms with E-state index >= 15 is 0 Å². The number of amides is 1. The Morgan fingerprint density at radius 3 is 1.03 bits per heavy atom. The van der Waals surface area contributed by atoms with Gasteiger partial charge in [0.1, 0.15) is 73.2 Å². The third-order valence-corrected chi connectivity index (χ3v) is 20.4. The van der Waals surface area contributed by atoms with E-state index in [9.17, 15) is 61.0 Å². The van der Waals surface area contributed by atoms with Crippen LogP contribution < -0.4 is 5.32 Å². The van der Waals surface area contributed by atoms with Crippen LogP contribution in [0.3, 0.4) is 0 Å². The number of unbranched alkanes of at least 4 members (excludes halogenated alkanes) is 31. The first kappa shape index (κ1) is 99.1. The van der Waals surface area contributed by atoms with Crippen molar-refractivity contribution in [3.05, 3.63) is 134 Å². The molecule has 0 aliphatic carbocycles. The van der Waals surface area contributed by atoms with Crippen molar-refractivity contribution < 1.29 is 89.4 Å². The maximum absolute atomic E-state index is 13.5. The first-order chi connectivity index (χ1) is 53.3. The van der Waals surface area contributed by atoms with Crippen molar-refractivity contribution in [3.8, 4) is 0 Å². The Balaban J connectivity index is 1.37. The molecule has 0 aromatic rings. The van der Waals surface area contributed by atoms with E-state index in [2.05, 4.69) is 141 Å². The second-order valence-electron chi connectivity index (χ2n) is 29.9. The molecule has 3 rings (SSSR count). The van der Waals surface area contributed by atoms with Gasteiger partial charge >= 0.3 is 0 Å². The Bertz CT molecular complexity index is 2490. The summed E-state index contributed by atoms with van der Waals surface area (Å²) in [7, 11) is 0. The lowest BCUT2D eigenvalue weighted by Gasteiger charge is -2.48. The van der Waals surface area contributed by atoms with Crippen LogP contribution >= 0.6 is 0 Å². The van der Waals surface area contributed by atoms with Gasteiger partial charge in [-0.05, 0) is 103 Å². The van der Waals surface area contributed by atoms with Crippen LogP contribution in [0.4, 0.5) is 0 Å². The summed E-state index contributed by atoms with van der Waals surface area (Å²) in [6.45, 7) is 1.62. The number of hydrogen-bond acceptors (Lipinski definition) is 18. The number of aliphatic hydroxyl groups is 11. The molecule has 0 bridgehead atoms. The van der Waals surface area contributed by atoms with E-state index in [1.807, 2.05) is 6.08 Å². The molecule has 3 saturated heterocycles. The zero-order valence-electron chi connectivity index (χ0n) is 67.2. The van der Waals surface area contributed by atoms with E-state index < -0.39 is 124 Å². The molecular formula is C90H153NO18. The summed E-state index contributed by atoms with van der Waals surface area (Å²) in [4.78, 5) is 13.5. The molecule has 0 radical (unpaired) electrons. The fourth-order valence-electron chi connectivity index (χ4n) is 13.6. The topological polar surface area (TPSA) is 307 Å². The highest BCUT2D eigenvalue weighted by atomic mass is 16.8. The molecular weight excluding hydrogens is 1380 g/mol. The molecule has 3 aliphatic heterocycles. The van der Waals surface area contributed by atoms with Gasteiger partial charge in [-0.3, -0.25) is 4.79 Å². The molecule has 3 aliphatic rings. The number of carbonyl (C=O) groups is 1. The lowest BCUT2D eigenvalue weighted by molar-refractivity contribution is -0.379. The van der Waals surface area contributed by atoms with E-state index in [1.165, 1.54) is 154 Å². The summed E-state index contributed by atoms with van der Waals surface area (Å²) in [6.07, 6.45) is 71.5. The average molecular weight is 1540 g/mol. The van der Waals surface area contributed by atoms with Crippen LogP contribution in [0, 0.1) is 0 Å². The summed E-state index contributed by atoms with van der Waals surface area (Å²) in [5.74, 6) is -0.295. The van der Waals surface area contributed by atoms with Gasteiger partial charge in [-0.15, -0.1) is 0 Å². The highest BCUT2D eigenvalue weighted by Gasteiger charge is 2.54. The highest BCUT2D eigenvalue weighted by Crippen LogP contribution is 2.33. The highest BCUT2D eigenvalue weighted by molar-refractivity contribution is 5.76. The van der Waals surface area contributed by atoms with Crippen LogP contribution in [-0.2, 0) is 33.2 Å². The van der Waals surface area contributed by atoms with Crippen LogP contribution in [0.25, 0.3) is 0 Å². The van der Waals surface area contributed by atoms with E-state index in [0.717, 1.165) is 109 Å². The maximum Gasteiger partial charge on any atom is 0.220 e. The van der Waals surface area contributed by atoms with Gasteiger partial charge in [-0.2, -0.15) is 0 Å². The molecule has 1 amide bonds. The van der Waals surface area contributed by atoms with Crippen molar-refractivity contribution in [1.29, 1.82) is 0 Å². The van der Waals surface area contributed by atoms with Crippen LogP contribution in [-0.4, -0.2) is 193 Å². The second-order valence-corrected chi connectivity index (χ2v) is 29.9. The van der Waals surface area contributed by atoms with Crippen molar-refractivity contribution in [2.24, 2.45) is 0 Å². The minimum Gasteiger partial charge on any atom is -0.394 e. The molecule has 0 aromatic carbocycles. The number of allylic oxidation sites excluding steroid dienone is 21. The van der Waals surface area contributed by atoms with Gasteiger partial charge < -0.3 is 89.9 Å². The van der Waals surface area contributed by atoms with E-state index in [1.54, 1.807) is 6.08 Å². The molecule has 17 unspecified atom stereocenters. The molecule has 626 valence electrons. The van der Waals surface area contributed by atoms with Crippen molar-refractivity contribution in [2.45, 2.75) is 401 Å². The lowest BCUT2D eigenvalue weighted by atomic mass is 9.96. The fourth-order valence-corrected chi connectivity index (χ4v) is 13.6. The predicted molar refractivity (Wildman–Crippen MR) is 438 cm³/mol. The average Bonchev–Trinajstić information content (AvgIpc) is 0.760. The Kier molecular flexibility index (Phi) is 62.2. The van der Waals surface area contributed by atoms with E-state index in [0.29, 0.717) is 12.8 Å². The van der Waals surface area contributed by atoms with Crippen LogP contribution in [0.15, 0.2) is 134 Å². The number of hydrogen-bond donors (Lipinski definition) is 12. The number of aliphatic hydroxyl groups excluding tert-OH is 11. The predicted octanol–water partition coefficient (Wildman–Crippen LogP) is 15.6. The third-order valence-electron chi connectivity index (χ3n) is 20.4. The third kappa shape index (κ3) is 47.4. The number of nitrogens with one attached hydrogen (secondary N) is 1. The zero-order valence-corrected chi connectivity index (χ0v) is 67.2. The number of ether oxygens (including phenoxy) is 6. The van der Waals surface area contributed by atoms with Crippen molar-refractivity contribution >= 4 is 5.91 Å². The fraction of sp³-hybridized carbons (Fsp3) is 0.744. The van der Waals surface area contributed by atoms with E-state index in [4.69, 9.17) is 28.4 Å². The van der Waals surface area contributed by atoms with Gasteiger partial charge in [0.2, 0.25) is 5.91 Å². The Labute approximate surface area is 658 Å². The molecule has 17 atom stereocenters. The lowest BCUT2D eigenvalue weighted by Crippen LogP contribution is -2.66. The van der Waals surface area contributed by atoms with Crippen molar-refractivity contribution in [2.75, 3.05) is 26.4 Å². The van der Waals surface area contributed by atoms with Gasteiger partial charge in [0.05, 0.1) is 38.6 Å². The largest absolute Gasteiger partial charge is 0.394 e. The van der Waals surface area contributed by atoms with E-state index in [-0.39, 0.29) is 18.9 Å². The Hall–Kier alpha value is -4.07. The molecule has 12 N–H and O–H groups in total. The number of rotatable bonds is 67. The summed E-state index contributed by atoms with van der Waals surface area (Å²) < 4.78 is 34.5. The maximum atomic E-state index is 13.5. The smallest absolute Gasteiger partial charge is 0.220 e. The molecule has 3 heterocycles. The molecule has 3 fully saturated rings. The van der Waals surface area contributed by atoms with Gasteiger partial charge in [-0.25, -0.2) is 0 Å². The molecule has 0 saturated carbocycles. The molecule has 19 heteroatoms. The number of carbonyl (C=O) groups excluding carboxylic acids is 1. The quantitative estimate of drug-likeness (QED) is 0.0199. The SMILES string of the molecule is CC/C=C\C/C=C\C/C=C\C/C=C\C/C=C\C/C=C\C/C=C\C/C=C\C/C=C\CCCCCCCCCCCC(=O)NC(COC1OC(CO)C(OC2OC(CO)C(OC3OC(CO)C(O)C(O)C3O)C(O)C2O)C(O)C1O)C(O)/C=C/CC/C=C/CCCCCCCCCCCCCCCCCCCCCCC. The summed E-state index contributed by atoms with van der Waals surface area (Å²) in [5.41, 5.74) is 0. The Morgan fingerprint density at radius 2 is 0.642 bits per heavy atom. The van der Waals surface area contributed by atoms with Gasteiger partial charge in [-0.1, -0.05) is 321 Å². The van der Waals surface area contributed by atoms with Gasteiger partial charge in [0, 0.05) is 6.42 Å². The zero-order chi connectivity index (χ0) is 78.8. The molecule has 0 aromatic heterocycles. The Morgan fingerprint density at radius 1 is 0.339 bits per heavy atom. The van der Waals surface area contributed by atoms with Crippen molar-refractivity contribution in [3.63, 3.8) is 0 Å².